The largest absolute Gasteiger partial charge is 0.464 e. The molecule has 0 spiro atoms. The van der Waals surface area contributed by atoms with E-state index in [1.807, 2.05) is 0 Å². The summed E-state index contributed by atoms with van der Waals surface area (Å²) in [5.74, 6) is -0.305. The van der Waals surface area contributed by atoms with Gasteiger partial charge in [-0.25, -0.2) is 0 Å². The minimum Gasteiger partial charge on any atom is -0.464 e. The lowest BCUT2D eigenvalue weighted by atomic mass is 10.1. The van der Waals surface area contributed by atoms with Crippen LogP contribution in [0.2, 0.25) is 0 Å². The van der Waals surface area contributed by atoms with Gasteiger partial charge in [-0.05, 0) is 20.3 Å². The topological polar surface area (TPSA) is 52.3 Å². The van der Waals surface area contributed by atoms with Gasteiger partial charge in [-0.15, -0.1) is 0 Å². The van der Waals surface area contributed by atoms with E-state index in [2.05, 4.69) is 6.92 Å². The van der Waals surface area contributed by atoms with Crippen molar-refractivity contribution in [3.63, 3.8) is 0 Å². The third kappa shape index (κ3) is 10.3. The number of hydrogen-bond acceptors (Lipinski definition) is 3. The molecule has 0 aliphatic heterocycles. The van der Waals surface area contributed by atoms with E-state index in [1.54, 1.807) is 13.8 Å². The molecule has 3 heteroatoms. The molecule has 0 rings (SSSR count). The molecule has 0 radical (unpaired) electrons. The molecule has 0 atom stereocenters. The number of ether oxygens (including phenoxy) is 1. The number of nitrogens with two attached hydrogens (primary N) is 1. The molecule has 0 heterocycles. The lowest BCUT2D eigenvalue weighted by Crippen LogP contribution is -2.42. The van der Waals surface area contributed by atoms with E-state index in [0.717, 1.165) is 12.8 Å². The lowest BCUT2D eigenvalue weighted by Gasteiger charge is -2.16. The van der Waals surface area contributed by atoms with Crippen molar-refractivity contribution in [2.24, 2.45) is 5.73 Å². The van der Waals surface area contributed by atoms with Gasteiger partial charge >= 0.3 is 5.97 Å². The second-order valence-corrected chi connectivity index (χ2v) is 5.33. The normalized spacial score (nSPS) is 11.5. The van der Waals surface area contributed by atoms with Gasteiger partial charge in [0.1, 0.15) is 5.54 Å². The van der Waals surface area contributed by atoms with Crippen LogP contribution in [-0.2, 0) is 9.53 Å². The van der Waals surface area contributed by atoms with Crippen LogP contribution < -0.4 is 5.73 Å². The first-order valence-electron chi connectivity index (χ1n) is 6.94. The van der Waals surface area contributed by atoms with Gasteiger partial charge in [-0.2, -0.15) is 0 Å². The van der Waals surface area contributed by atoms with Gasteiger partial charge in [-0.1, -0.05) is 51.9 Å². The Morgan fingerprint density at radius 2 is 1.47 bits per heavy atom. The van der Waals surface area contributed by atoms with Gasteiger partial charge in [0.05, 0.1) is 6.61 Å². The molecule has 17 heavy (non-hydrogen) atoms. The van der Waals surface area contributed by atoms with Crippen molar-refractivity contribution in [3.05, 3.63) is 0 Å². The fourth-order valence-electron chi connectivity index (χ4n) is 1.59. The minimum absolute atomic E-state index is 0.305. The monoisotopic (exact) mass is 243 g/mol. The van der Waals surface area contributed by atoms with Crippen LogP contribution in [-0.4, -0.2) is 18.1 Å². The van der Waals surface area contributed by atoms with Crippen LogP contribution in [0.4, 0.5) is 0 Å². The fourth-order valence-corrected chi connectivity index (χ4v) is 1.59. The van der Waals surface area contributed by atoms with Gasteiger partial charge in [0.25, 0.3) is 0 Å². The van der Waals surface area contributed by atoms with Crippen molar-refractivity contribution in [2.75, 3.05) is 6.61 Å². The summed E-state index contributed by atoms with van der Waals surface area (Å²) in [5, 5.41) is 0. The molecule has 0 aromatic carbocycles. The zero-order valence-corrected chi connectivity index (χ0v) is 11.8. The average Bonchev–Trinajstić information content (AvgIpc) is 2.25. The van der Waals surface area contributed by atoms with E-state index in [9.17, 15) is 4.79 Å². The molecule has 0 aliphatic carbocycles. The summed E-state index contributed by atoms with van der Waals surface area (Å²) >= 11 is 0. The summed E-state index contributed by atoms with van der Waals surface area (Å²) in [6.07, 6.45) is 9.98. The van der Waals surface area contributed by atoms with Crippen LogP contribution in [0.3, 0.4) is 0 Å². The highest BCUT2D eigenvalue weighted by Crippen LogP contribution is 2.09. The maximum absolute atomic E-state index is 11.3. The molecular weight excluding hydrogens is 214 g/mol. The molecule has 0 fully saturated rings. The predicted molar refractivity (Wildman–Crippen MR) is 71.8 cm³/mol. The first-order chi connectivity index (χ1) is 7.98. The Balaban J connectivity index is 3.22. The van der Waals surface area contributed by atoms with Gasteiger partial charge in [0.2, 0.25) is 0 Å². The predicted octanol–water partition coefficient (Wildman–Crippen LogP) is 3.41. The second-order valence-electron chi connectivity index (χ2n) is 5.33. The van der Waals surface area contributed by atoms with Gasteiger partial charge in [0, 0.05) is 0 Å². The Bertz CT molecular complexity index is 197. The fraction of sp³-hybridized carbons (Fsp3) is 0.929. The van der Waals surface area contributed by atoms with E-state index >= 15 is 0 Å². The smallest absolute Gasteiger partial charge is 0.325 e. The maximum Gasteiger partial charge on any atom is 0.325 e. The Morgan fingerprint density at radius 1 is 1.00 bits per heavy atom. The molecule has 0 saturated heterocycles. The van der Waals surface area contributed by atoms with E-state index in [1.165, 1.54) is 38.5 Å². The lowest BCUT2D eigenvalue weighted by molar-refractivity contribution is -0.148. The Hall–Kier alpha value is -0.570. The molecule has 0 amide bonds. The number of unbranched alkanes of at least 4 members (excludes halogenated alkanes) is 7. The van der Waals surface area contributed by atoms with Crippen molar-refractivity contribution in [2.45, 2.75) is 77.7 Å². The SMILES string of the molecule is CCCCCCCCCCOC(=O)C(C)(C)N. The van der Waals surface area contributed by atoms with Crippen LogP contribution in [0.5, 0.6) is 0 Å². The Morgan fingerprint density at radius 3 is 1.94 bits per heavy atom. The molecule has 2 N–H and O–H groups in total. The second kappa shape index (κ2) is 9.46. The zero-order valence-electron chi connectivity index (χ0n) is 11.8. The van der Waals surface area contributed by atoms with E-state index in [-0.39, 0.29) is 5.97 Å². The van der Waals surface area contributed by atoms with Gasteiger partial charge in [0.15, 0.2) is 0 Å². The van der Waals surface area contributed by atoms with Gasteiger partial charge in [-0.3, -0.25) is 4.79 Å². The summed E-state index contributed by atoms with van der Waals surface area (Å²) in [6, 6.07) is 0. The number of carbonyl (C=O) groups is 1. The van der Waals surface area contributed by atoms with Crippen LogP contribution in [0.1, 0.15) is 72.1 Å². The van der Waals surface area contributed by atoms with E-state index in [0.29, 0.717) is 6.61 Å². The highest BCUT2D eigenvalue weighted by Gasteiger charge is 2.23. The number of esters is 1. The first-order valence-corrected chi connectivity index (χ1v) is 6.94. The standard InChI is InChI=1S/C14H29NO2/c1-4-5-6-7-8-9-10-11-12-17-13(16)14(2,3)15/h4-12,15H2,1-3H3. The van der Waals surface area contributed by atoms with Crippen LogP contribution >= 0.6 is 0 Å². The average molecular weight is 243 g/mol. The van der Waals surface area contributed by atoms with Crippen LogP contribution in [0.15, 0.2) is 0 Å². The Kier molecular flexibility index (Phi) is 9.14. The molecule has 0 aliphatic rings. The molecule has 0 saturated carbocycles. The first kappa shape index (κ1) is 16.4. The molecule has 3 nitrogen and oxygen atoms in total. The summed E-state index contributed by atoms with van der Waals surface area (Å²) in [6.45, 7) is 6.08. The Labute approximate surface area is 106 Å². The quantitative estimate of drug-likeness (QED) is 0.472. The summed E-state index contributed by atoms with van der Waals surface area (Å²) in [7, 11) is 0. The van der Waals surface area contributed by atoms with Crippen molar-refractivity contribution >= 4 is 5.97 Å². The third-order valence-electron chi connectivity index (χ3n) is 2.76. The van der Waals surface area contributed by atoms with Crippen molar-refractivity contribution < 1.29 is 9.53 Å². The zero-order chi connectivity index (χ0) is 13.1. The van der Waals surface area contributed by atoms with Crippen LogP contribution in [0.25, 0.3) is 0 Å². The minimum atomic E-state index is -0.861. The molecule has 0 aromatic heterocycles. The van der Waals surface area contributed by atoms with Crippen molar-refractivity contribution in [1.29, 1.82) is 0 Å². The summed E-state index contributed by atoms with van der Waals surface area (Å²) in [5.41, 5.74) is 4.75. The summed E-state index contributed by atoms with van der Waals surface area (Å²) < 4.78 is 5.09. The van der Waals surface area contributed by atoms with E-state index < -0.39 is 5.54 Å². The highest BCUT2D eigenvalue weighted by atomic mass is 16.5. The van der Waals surface area contributed by atoms with Crippen LogP contribution in [0, 0.1) is 0 Å². The van der Waals surface area contributed by atoms with Gasteiger partial charge < -0.3 is 10.5 Å². The summed E-state index contributed by atoms with van der Waals surface area (Å²) in [4.78, 5) is 11.3. The third-order valence-corrected chi connectivity index (χ3v) is 2.76. The van der Waals surface area contributed by atoms with Crippen molar-refractivity contribution in [1.82, 2.24) is 0 Å². The molecular formula is C14H29NO2. The number of rotatable bonds is 10. The molecule has 0 unspecified atom stereocenters. The molecule has 102 valence electrons. The highest BCUT2D eigenvalue weighted by molar-refractivity contribution is 5.79. The molecule has 0 aromatic rings. The van der Waals surface area contributed by atoms with Crippen molar-refractivity contribution in [3.8, 4) is 0 Å². The maximum atomic E-state index is 11.3. The van der Waals surface area contributed by atoms with E-state index in [4.69, 9.17) is 10.5 Å². The molecule has 0 bridgehead atoms. The number of carbonyl (C=O) groups excluding carboxylic acids is 1. The number of hydrogen-bond donors (Lipinski definition) is 1.